The van der Waals surface area contributed by atoms with Crippen LogP contribution in [-0.2, 0) is 11.2 Å². The van der Waals surface area contributed by atoms with Crippen LogP contribution in [0.5, 0.6) is 0 Å². The van der Waals surface area contributed by atoms with Crippen LogP contribution in [0.2, 0.25) is 0 Å². The van der Waals surface area contributed by atoms with Gasteiger partial charge in [0.2, 0.25) is 0 Å². The second-order valence-corrected chi connectivity index (χ2v) is 4.77. The average molecular weight is 417 g/mol. The Morgan fingerprint density at radius 2 is 2.00 bits per heavy atom. The molecule has 0 aliphatic rings. The Kier molecular flexibility index (Phi) is 8.91. The number of halogens is 1. The third-order valence-corrected chi connectivity index (χ3v) is 3.18. The van der Waals surface area contributed by atoms with E-state index in [1.165, 1.54) is 0 Å². The monoisotopic (exact) mass is 417 g/mol. The quantitative estimate of drug-likeness (QED) is 0.315. The molecule has 0 radical (unpaired) electrons. The Bertz CT molecular complexity index is 551. The minimum absolute atomic E-state index is 0. The third kappa shape index (κ3) is 5.84. The first-order chi connectivity index (χ1) is 10.3. The number of benzene rings is 1. The Morgan fingerprint density at radius 1 is 1.23 bits per heavy atom. The topological polar surface area (TPSA) is 58.8 Å². The van der Waals surface area contributed by atoms with Crippen molar-refractivity contribution in [3.63, 3.8) is 0 Å². The van der Waals surface area contributed by atoms with Crippen molar-refractivity contribution in [2.45, 2.75) is 12.8 Å². The maximum absolute atomic E-state index is 5.78. The van der Waals surface area contributed by atoms with E-state index in [1.54, 1.807) is 14.2 Å². The molecule has 1 aromatic carbocycles. The highest BCUT2D eigenvalue weighted by molar-refractivity contribution is 14.0. The van der Waals surface area contributed by atoms with Crippen LogP contribution >= 0.6 is 24.0 Å². The van der Waals surface area contributed by atoms with Crippen LogP contribution < -0.4 is 10.6 Å². The predicted octanol–water partition coefficient (Wildman–Crippen LogP) is 2.79. The lowest BCUT2D eigenvalue weighted by Gasteiger charge is -2.10. The Hall–Kier alpha value is -1.28. The fraction of sp³-hybridized carbons (Fsp3) is 0.438. The summed E-state index contributed by atoms with van der Waals surface area (Å²) in [6.45, 7) is 2.38. The van der Waals surface area contributed by atoms with Crippen molar-refractivity contribution in [1.82, 2.24) is 10.6 Å². The maximum atomic E-state index is 5.78. The molecule has 2 N–H and O–H groups in total. The Balaban J connectivity index is 0.00000242. The van der Waals surface area contributed by atoms with Gasteiger partial charge in [0.25, 0.3) is 0 Å². The molecule has 2 rings (SSSR count). The van der Waals surface area contributed by atoms with Crippen molar-refractivity contribution in [3.05, 3.63) is 36.1 Å². The highest BCUT2D eigenvalue weighted by Crippen LogP contribution is 2.18. The molecular weight excluding hydrogens is 393 g/mol. The molecule has 6 heteroatoms. The molecule has 0 amide bonds. The molecule has 5 nitrogen and oxygen atoms in total. The first kappa shape index (κ1) is 18.8. The van der Waals surface area contributed by atoms with E-state index in [-0.39, 0.29) is 24.0 Å². The zero-order chi connectivity index (χ0) is 14.9. The van der Waals surface area contributed by atoms with Gasteiger partial charge < -0.3 is 19.8 Å². The molecule has 0 bridgehead atoms. The van der Waals surface area contributed by atoms with Gasteiger partial charge in [-0.05, 0) is 18.6 Å². The van der Waals surface area contributed by atoms with E-state index in [0.29, 0.717) is 0 Å². The summed E-state index contributed by atoms with van der Waals surface area (Å²) in [4.78, 5) is 4.18. The maximum Gasteiger partial charge on any atom is 0.190 e. The van der Waals surface area contributed by atoms with Crippen molar-refractivity contribution < 1.29 is 9.15 Å². The molecule has 122 valence electrons. The standard InChI is InChI=1S/C16H23N3O2.HI/c1-17-16(18-9-5-11-20-2)19-10-8-14-12-13-6-3-4-7-15(13)21-14;/h3-4,6-7,12H,5,8-11H2,1-2H3,(H2,17,18,19);1H. The SMILES string of the molecule is CN=C(NCCCOC)NCCc1cc2ccccc2o1.I. The van der Waals surface area contributed by atoms with E-state index >= 15 is 0 Å². The minimum Gasteiger partial charge on any atom is -0.461 e. The number of furan rings is 1. The highest BCUT2D eigenvalue weighted by atomic mass is 127. The van der Waals surface area contributed by atoms with Gasteiger partial charge in [0.1, 0.15) is 11.3 Å². The second-order valence-electron chi connectivity index (χ2n) is 4.77. The second kappa shape index (κ2) is 10.4. The summed E-state index contributed by atoms with van der Waals surface area (Å²) in [7, 11) is 3.48. The van der Waals surface area contributed by atoms with E-state index in [1.807, 2.05) is 18.2 Å². The predicted molar refractivity (Wildman–Crippen MR) is 101 cm³/mol. The van der Waals surface area contributed by atoms with Gasteiger partial charge in [-0.3, -0.25) is 4.99 Å². The van der Waals surface area contributed by atoms with Crippen molar-refractivity contribution in [1.29, 1.82) is 0 Å². The average Bonchev–Trinajstić information content (AvgIpc) is 2.92. The van der Waals surface area contributed by atoms with Crippen LogP contribution in [0.25, 0.3) is 11.0 Å². The number of hydrogen-bond acceptors (Lipinski definition) is 3. The number of nitrogens with one attached hydrogen (secondary N) is 2. The number of methoxy groups -OCH3 is 1. The largest absolute Gasteiger partial charge is 0.461 e. The van der Waals surface area contributed by atoms with Crippen LogP contribution in [0.3, 0.4) is 0 Å². The van der Waals surface area contributed by atoms with Gasteiger partial charge in [-0.1, -0.05) is 18.2 Å². The Labute approximate surface area is 148 Å². The molecule has 22 heavy (non-hydrogen) atoms. The van der Waals surface area contributed by atoms with E-state index in [2.05, 4.69) is 27.8 Å². The zero-order valence-corrected chi connectivity index (χ0v) is 15.4. The van der Waals surface area contributed by atoms with Gasteiger partial charge in [0.15, 0.2) is 5.96 Å². The van der Waals surface area contributed by atoms with Crippen LogP contribution in [0.1, 0.15) is 12.2 Å². The first-order valence-corrected chi connectivity index (χ1v) is 7.24. The number of aliphatic imine (C=N–C) groups is 1. The molecule has 0 atom stereocenters. The summed E-state index contributed by atoms with van der Waals surface area (Å²) < 4.78 is 10.8. The summed E-state index contributed by atoms with van der Waals surface area (Å²) >= 11 is 0. The van der Waals surface area contributed by atoms with E-state index in [4.69, 9.17) is 9.15 Å². The van der Waals surface area contributed by atoms with Crippen molar-refractivity contribution in [2.24, 2.45) is 4.99 Å². The molecule has 0 saturated carbocycles. The molecule has 0 unspecified atom stereocenters. The smallest absolute Gasteiger partial charge is 0.190 e. The van der Waals surface area contributed by atoms with Gasteiger partial charge >= 0.3 is 0 Å². The molecule has 0 saturated heterocycles. The van der Waals surface area contributed by atoms with E-state index in [0.717, 1.165) is 55.2 Å². The molecule has 0 spiro atoms. The van der Waals surface area contributed by atoms with Gasteiger partial charge in [0.05, 0.1) is 0 Å². The molecule has 1 aromatic heterocycles. The van der Waals surface area contributed by atoms with Gasteiger partial charge in [0, 0.05) is 45.7 Å². The lowest BCUT2D eigenvalue weighted by Crippen LogP contribution is -2.38. The fourth-order valence-electron chi connectivity index (χ4n) is 2.11. The number of rotatable bonds is 7. The van der Waals surface area contributed by atoms with Crippen molar-refractivity contribution in [3.8, 4) is 0 Å². The number of fused-ring (bicyclic) bond motifs is 1. The number of nitrogens with zero attached hydrogens (tertiary/aromatic N) is 1. The molecule has 1 heterocycles. The molecule has 0 aliphatic heterocycles. The number of hydrogen-bond donors (Lipinski definition) is 2. The number of guanidine groups is 1. The first-order valence-electron chi connectivity index (χ1n) is 7.24. The lowest BCUT2D eigenvalue weighted by molar-refractivity contribution is 0.195. The summed E-state index contributed by atoms with van der Waals surface area (Å²) in [6.07, 6.45) is 1.79. The van der Waals surface area contributed by atoms with Crippen molar-refractivity contribution in [2.75, 3.05) is 33.9 Å². The van der Waals surface area contributed by atoms with Gasteiger partial charge in [-0.25, -0.2) is 0 Å². The van der Waals surface area contributed by atoms with Crippen LogP contribution in [0.15, 0.2) is 39.7 Å². The van der Waals surface area contributed by atoms with Crippen LogP contribution in [0, 0.1) is 0 Å². The van der Waals surface area contributed by atoms with Crippen LogP contribution in [0.4, 0.5) is 0 Å². The van der Waals surface area contributed by atoms with Crippen LogP contribution in [-0.4, -0.2) is 39.8 Å². The number of ether oxygens (including phenoxy) is 1. The van der Waals surface area contributed by atoms with Gasteiger partial charge in [-0.2, -0.15) is 0 Å². The molecular formula is C16H24IN3O2. The summed E-state index contributed by atoms with van der Waals surface area (Å²) in [6, 6.07) is 10.1. The van der Waals surface area contributed by atoms with E-state index in [9.17, 15) is 0 Å². The molecule has 0 fully saturated rings. The normalized spacial score (nSPS) is 11.3. The van der Waals surface area contributed by atoms with Gasteiger partial charge in [-0.15, -0.1) is 24.0 Å². The highest BCUT2D eigenvalue weighted by Gasteiger charge is 2.03. The van der Waals surface area contributed by atoms with E-state index < -0.39 is 0 Å². The summed E-state index contributed by atoms with van der Waals surface area (Å²) in [5, 5.41) is 7.67. The Morgan fingerprint density at radius 3 is 2.73 bits per heavy atom. The zero-order valence-electron chi connectivity index (χ0n) is 13.1. The number of para-hydroxylation sites is 1. The lowest BCUT2D eigenvalue weighted by atomic mass is 10.2. The molecule has 2 aromatic rings. The molecule has 0 aliphatic carbocycles. The summed E-state index contributed by atoms with van der Waals surface area (Å²) in [5.74, 6) is 1.79. The van der Waals surface area contributed by atoms with Crippen molar-refractivity contribution >= 4 is 40.9 Å². The minimum atomic E-state index is 0. The third-order valence-electron chi connectivity index (χ3n) is 3.18. The fourth-order valence-corrected chi connectivity index (χ4v) is 2.11. The summed E-state index contributed by atoms with van der Waals surface area (Å²) in [5.41, 5.74) is 0.939.